The van der Waals surface area contributed by atoms with Crippen LogP contribution in [0.1, 0.15) is 18.9 Å². The van der Waals surface area contributed by atoms with Crippen LogP contribution < -0.4 is 10.6 Å². The SMILES string of the molecule is CCNC(=NCc1ccc2ccccc2c1)NCCCOC. The Labute approximate surface area is 132 Å². The van der Waals surface area contributed by atoms with Gasteiger partial charge in [-0.05, 0) is 35.7 Å². The number of ether oxygens (including phenoxy) is 1. The van der Waals surface area contributed by atoms with Crippen LogP contribution in [0.4, 0.5) is 0 Å². The zero-order chi connectivity index (χ0) is 15.6. The molecule has 2 N–H and O–H groups in total. The van der Waals surface area contributed by atoms with Gasteiger partial charge < -0.3 is 15.4 Å². The van der Waals surface area contributed by atoms with E-state index in [1.54, 1.807) is 7.11 Å². The molecule has 0 fully saturated rings. The largest absolute Gasteiger partial charge is 0.385 e. The zero-order valence-electron chi connectivity index (χ0n) is 13.4. The van der Waals surface area contributed by atoms with Gasteiger partial charge in [-0.3, -0.25) is 0 Å². The normalized spacial score (nSPS) is 11.6. The second-order valence-corrected chi connectivity index (χ2v) is 5.15. The minimum atomic E-state index is 0.671. The van der Waals surface area contributed by atoms with Crippen LogP contribution in [0.2, 0.25) is 0 Å². The van der Waals surface area contributed by atoms with Gasteiger partial charge in [0.05, 0.1) is 6.54 Å². The number of nitrogens with one attached hydrogen (secondary N) is 2. The van der Waals surface area contributed by atoms with E-state index in [1.165, 1.54) is 16.3 Å². The lowest BCUT2D eigenvalue weighted by molar-refractivity contribution is 0.195. The zero-order valence-corrected chi connectivity index (χ0v) is 13.4. The van der Waals surface area contributed by atoms with Gasteiger partial charge >= 0.3 is 0 Å². The van der Waals surface area contributed by atoms with E-state index in [1.807, 2.05) is 0 Å². The molecule has 0 atom stereocenters. The van der Waals surface area contributed by atoms with Gasteiger partial charge in [0.25, 0.3) is 0 Å². The molecule has 0 aliphatic rings. The predicted molar refractivity (Wildman–Crippen MR) is 93.3 cm³/mol. The standard InChI is InChI=1S/C18H25N3O/c1-3-19-18(20-11-6-12-22-2)21-14-15-9-10-16-7-4-5-8-17(16)13-15/h4-5,7-10,13H,3,6,11-12,14H2,1-2H3,(H2,19,20,21). The Morgan fingerprint density at radius 3 is 2.68 bits per heavy atom. The molecule has 22 heavy (non-hydrogen) atoms. The predicted octanol–water partition coefficient (Wildman–Crippen LogP) is 2.93. The van der Waals surface area contributed by atoms with Crippen molar-refractivity contribution >= 4 is 16.7 Å². The quantitative estimate of drug-likeness (QED) is 0.469. The molecule has 4 heteroatoms. The number of methoxy groups -OCH3 is 1. The molecular formula is C18H25N3O. The maximum absolute atomic E-state index is 5.05. The van der Waals surface area contributed by atoms with Gasteiger partial charge in [-0.1, -0.05) is 36.4 Å². The van der Waals surface area contributed by atoms with Crippen molar-refractivity contribution in [1.82, 2.24) is 10.6 Å². The molecule has 2 aromatic rings. The van der Waals surface area contributed by atoms with E-state index in [-0.39, 0.29) is 0 Å². The fourth-order valence-corrected chi connectivity index (χ4v) is 2.27. The van der Waals surface area contributed by atoms with Gasteiger partial charge in [0.15, 0.2) is 5.96 Å². The monoisotopic (exact) mass is 299 g/mol. The highest BCUT2D eigenvalue weighted by Gasteiger charge is 1.99. The lowest BCUT2D eigenvalue weighted by Crippen LogP contribution is -2.38. The first-order valence-electron chi connectivity index (χ1n) is 7.82. The molecule has 0 aliphatic heterocycles. The summed E-state index contributed by atoms with van der Waals surface area (Å²) in [6, 6.07) is 14.9. The summed E-state index contributed by atoms with van der Waals surface area (Å²) in [5.41, 5.74) is 1.22. The molecule has 2 aromatic carbocycles. The Hall–Kier alpha value is -2.07. The smallest absolute Gasteiger partial charge is 0.191 e. The van der Waals surface area contributed by atoms with Crippen LogP contribution in [0, 0.1) is 0 Å². The van der Waals surface area contributed by atoms with E-state index in [2.05, 4.69) is 65.0 Å². The second kappa shape index (κ2) is 9.05. The van der Waals surface area contributed by atoms with E-state index in [4.69, 9.17) is 4.74 Å². The van der Waals surface area contributed by atoms with E-state index < -0.39 is 0 Å². The Morgan fingerprint density at radius 1 is 1.09 bits per heavy atom. The van der Waals surface area contributed by atoms with Crippen LogP contribution in [0.5, 0.6) is 0 Å². The molecule has 0 aromatic heterocycles. The van der Waals surface area contributed by atoms with Gasteiger partial charge in [0.2, 0.25) is 0 Å². The van der Waals surface area contributed by atoms with Gasteiger partial charge in [-0.25, -0.2) is 4.99 Å². The maximum atomic E-state index is 5.05. The topological polar surface area (TPSA) is 45.7 Å². The molecule has 118 valence electrons. The van der Waals surface area contributed by atoms with Crippen molar-refractivity contribution in [3.63, 3.8) is 0 Å². The summed E-state index contributed by atoms with van der Waals surface area (Å²) in [6.07, 6.45) is 0.969. The molecule has 0 amide bonds. The molecule has 0 unspecified atom stereocenters. The van der Waals surface area contributed by atoms with E-state index in [0.29, 0.717) is 6.54 Å². The minimum Gasteiger partial charge on any atom is -0.385 e. The molecule has 0 aliphatic carbocycles. The van der Waals surface area contributed by atoms with Gasteiger partial charge in [0, 0.05) is 26.8 Å². The average Bonchev–Trinajstić information content (AvgIpc) is 2.56. The summed E-state index contributed by atoms with van der Waals surface area (Å²) >= 11 is 0. The Bertz CT molecular complexity index is 610. The molecule has 0 spiro atoms. The highest BCUT2D eigenvalue weighted by Crippen LogP contribution is 2.16. The number of hydrogen-bond donors (Lipinski definition) is 2. The van der Waals surface area contributed by atoms with Gasteiger partial charge in [-0.2, -0.15) is 0 Å². The second-order valence-electron chi connectivity index (χ2n) is 5.15. The fraction of sp³-hybridized carbons (Fsp3) is 0.389. The molecule has 4 nitrogen and oxygen atoms in total. The van der Waals surface area contributed by atoms with Crippen LogP contribution in [-0.2, 0) is 11.3 Å². The Balaban J connectivity index is 1.98. The first kappa shape index (κ1) is 16.3. The lowest BCUT2D eigenvalue weighted by atomic mass is 10.1. The first-order chi connectivity index (χ1) is 10.8. The number of guanidine groups is 1. The summed E-state index contributed by atoms with van der Waals surface area (Å²) < 4.78 is 5.05. The van der Waals surface area contributed by atoms with Crippen LogP contribution in [-0.4, -0.2) is 32.8 Å². The van der Waals surface area contributed by atoms with Gasteiger partial charge in [-0.15, -0.1) is 0 Å². The number of nitrogens with zero attached hydrogens (tertiary/aromatic N) is 1. The van der Waals surface area contributed by atoms with Crippen molar-refractivity contribution in [2.45, 2.75) is 19.9 Å². The van der Waals surface area contributed by atoms with Crippen molar-refractivity contribution in [3.05, 3.63) is 48.0 Å². The van der Waals surface area contributed by atoms with Crippen molar-refractivity contribution in [2.24, 2.45) is 4.99 Å². The highest BCUT2D eigenvalue weighted by molar-refractivity contribution is 5.83. The maximum Gasteiger partial charge on any atom is 0.191 e. The van der Waals surface area contributed by atoms with Crippen LogP contribution in [0.25, 0.3) is 10.8 Å². The summed E-state index contributed by atoms with van der Waals surface area (Å²) in [5, 5.41) is 9.11. The summed E-state index contributed by atoms with van der Waals surface area (Å²) in [5.74, 6) is 0.853. The summed E-state index contributed by atoms with van der Waals surface area (Å²) in [7, 11) is 1.72. The Morgan fingerprint density at radius 2 is 1.91 bits per heavy atom. The van der Waals surface area contributed by atoms with Crippen molar-refractivity contribution < 1.29 is 4.74 Å². The van der Waals surface area contributed by atoms with Crippen LogP contribution >= 0.6 is 0 Å². The number of rotatable bonds is 7. The number of hydrogen-bond acceptors (Lipinski definition) is 2. The van der Waals surface area contributed by atoms with Crippen LogP contribution in [0.15, 0.2) is 47.5 Å². The molecule has 0 saturated carbocycles. The number of aliphatic imine (C=N–C) groups is 1. The third-order valence-corrected chi connectivity index (χ3v) is 3.40. The molecular weight excluding hydrogens is 274 g/mol. The third kappa shape index (κ3) is 5.04. The van der Waals surface area contributed by atoms with E-state index >= 15 is 0 Å². The molecule has 2 rings (SSSR count). The summed E-state index contributed by atoms with van der Waals surface area (Å²) in [6.45, 7) is 5.22. The molecule has 0 heterocycles. The first-order valence-corrected chi connectivity index (χ1v) is 7.82. The molecule has 0 saturated heterocycles. The lowest BCUT2D eigenvalue weighted by Gasteiger charge is -2.11. The highest BCUT2D eigenvalue weighted by atomic mass is 16.5. The van der Waals surface area contributed by atoms with Crippen molar-refractivity contribution in [3.8, 4) is 0 Å². The van der Waals surface area contributed by atoms with Crippen LogP contribution in [0.3, 0.4) is 0 Å². The molecule has 0 bridgehead atoms. The summed E-state index contributed by atoms with van der Waals surface area (Å²) in [4.78, 5) is 4.64. The van der Waals surface area contributed by atoms with E-state index in [0.717, 1.165) is 32.1 Å². The average molecular weight is 299 g/mol. The van der Waals surface area contributed by atoms with Crippen molar-refractivity contribution in [2.75, 3.05) is 26.8 Å². The minimum absolute atomic E-state index is 0.671. The van der Waals surface area contributed by atoms with Crippen molar-refractivity contribution in [1.29, 1.82) is 0 Å². The third-order valence-electron chi connectivity index (χ3n) is 3.40. The fourth-order valence-electron chi connectivity index (χ4n) is 2.27. The number of fused-ring (bicyclic) bond motifs is 1. The Kier molecular flexibility index (Phi) is 6.71. The number of benzene rings is 2. The van der Waals surface area contributed by atoms with E-state index in [9.17, 15) is 0 Å². The van der Waals surface area contributed by atoms with Gasteiger partial charge in [0.1, 0.15) is 0 Å². The molecule has 0 radical (unpaired) electrons.